The van der Waals surface area contributed by atoms with Crippen molar-refractivity contribution in [3.05, 3.63) is 53.9 Å². The number of fused-ring (bicyclic) bond motifs is 1. The number of carbonyl (C=O) groups excluding carboxylic acids is 2. The molecule has 4 rings (SSSR count). The molecule has 0 aliphatic carbocycles. The lowest BCUT2D eigenvalue weighted by Crippen LogP contribution is -2.47. The van der Waals surface area contributed by atoms with E-state index < -0.39 is 0 Å². The number of anilines is 1. The molecule has 152 valence electrons. The second-order valence-corrected chi connectivity index (χ2v) is 7.52. The predicted octanol–water partition coefficient (Wildman–Crippen LogP) is 1.85. The quantitative estimate of drug-likeness (QED) is 0.792. The predicted molar refractivity (Wildman–Crippen MR) is 110 cm³/mol. The van der Waals surface area contributed by atoms with Crippen molar-refractivity contribution in [1.29, 1.82) is 0 Å². The minimum atomic E-state index is -0.181. The van der Waals surface area contributed by atoms with Gasteiger partial charge in [0.1, 0.15) is 12.3 Å². The van der Waals surface area contributed by atoms with E-state index in [1.54, 1.807) is 4.90 Å². The summed E-state index contributed by atoms with van der Waals surface area (Å²) in [4.78, 5) is 35.6. The first-order valence-corrected chi connectivity index (χ1v) is 10.0. The molecule has 2 aliphatic rings. The third kappa shape index (κ3) is 4.56. The Bertz CT molecular complexity index is 901. The fourth-order valence-corrected chi connectivity index (χ4v) is 3.86. The summed E-state index contributed by atoms with van der Waals surface area (Å²) in [6.45, 7) is 5.91. The molecule has 1 aromatic heterocycles. The number of hydrogen-bond acceptors (Lipinski definition) is 5. The van der Waals surface area contributed by atoms with Gasteiger partial charge in [-0.2, -0.15) is 0 Å². The Hall–Kier alpha value is -2.93. The van der Waals surface area contributed by atoms with Gasteiger partial charge in [-0.3, -0.25) is 24.4 Å². The molecule has 7 heteroatoms. The lowest BCUT2D eigenvalue weighted by atomic mass is 10.2. The SMILES string of the molecule is Cc1cccc(CN2CCCN(C(=O)CN3C(=O)COc4ccccc43)CC2)n1. The van der Waals surface area contributed by atoms with Crippen LogP contribution in [0.3, 0.4) is 0 Å². The molecule has 0 atom stereocenters. The highest BCUT2D eigenvalue weighted by molar-refractivity contribution is 6.02. The molecule has 1 aromatic carbocycles. The van der Waals surface area contributed by atoms with E-state index in [4.69, 9.17) is 4.74 Å². The second-order valence-electron chi connectivity index (χ2n) is 7.52. The molecule has 0 bridgehead atoms. The number of hydrogen-bond donors (Lipinski definition) is 0. The number of nitrogens with zero attached hydrogens (tertiary/aromatic N) is 4. The average molecular weight is 394 g/mol. The lowest BCUT2D eigenvalue weighted by Gasteiger charge is -2.31. The molecule has 2 aromatic rings. The summed E-state index contributed by atoms with van der Waals surface area (Å²) in [7, 11) is 0. The van der Waals surface area contributed by atoms with Crippen molar-refractivity contribution in [3.63, 3.8) is 0 Å². The number of carbonyl (C=O) groups is 2. The minimum absolute atomic E-state index is 0.0226. The maximum absolute atomic E-state index is 12.9. The van der Waals surface area contributed by atoms with Crippen LogP contribution in [-0.4, -0.2) is 65.9 Å². The maximum atomic E-state index is 12.9. The van der Waals surface area contributed by atoms with Gasteiger partial charge in [-0.15, -0.1) is 0 Å². The van der Waals surface area contributed by atoms with E-state index >= 15 is 0 Å². The number of amides is 2. The third-order valence-corrected chi connectivity index (χ3v) is 5.37. The molecule has 0 N–H and O–H groups in total. The van der Waals surface area contributed by atoms with Gasteiger partial charge in [-0.05, 0) is 37.6 Å². The van der Waals surface area contributed by atoms with E-state index in [0.29, 0.717) is 24.5 Å². The number of aromatic nitrogens is 1. The van der Waals surface area contributed by atoms with Crippen molar-refractivity contribution in [2.45, 2.75) is 19.9 Å². The lowest BCUT2D eigenvalue weighted by molar-refractivity contribution is -0.131. The molecule has 0 saturated carbocycles. The number of aryl methyl sites for hydroxylation is 1. The zero-order valence-corrected chi connectivity index (χ0v) is 16.7. The molecule has 0 unspecified atom stereocenters. The highest BCUT2D eigenvalue weighted by Gasteiger charge is 2.29. The molecule has 3 heterocycles. The second kappa shape index (κ2) is 8.61. The smallest absolute Gasteiger partial charge is 0.265 e. The zero-order chi connectivity index (χ0) is 20.2. The van der Waals surface area contributed by atoms with Gasteiger partial charge in [0.25, 0.3) is 5.91 Å². The van der Waals surface area contributed by atoms with E-state index in [1.165, 1.54) is 0 Å². The molecular formula is C22H26N4O3. The van der Waals surface area contributed by atoms with Crippen molar-refractivity contribution in [1.82, 2.24) is 14.8 Å². The minimum Gasteiger partial charge on any atom is -0.482 e. The van der Waals surface area contributed by atoms with E-state index in [1.807, 2.05) is 54.3 Å². The summed E-state index contributed by atoms with van der Waals surface area (Å²) in [5.74, 6) is 0.442. The molecule has 7 nitrogen and oxygen atoms in total. The number of para-hydroxylation sites is 2. The molecule has 0 radical (unpaired) electrons. The van der Waals surface area contributed by atoms with Crippen LogP contribution >= 0.6 is 0 Å². The van der Waals surface area contributed by atoms with Gasteiger partial charge in [0, 0.05) is 38.4 Å². The van der Waals surface area contributed by atoms with Crippen LogP contribution in [0.25, 0.3) is 0 Å². The van der Waals surface area contributed by atoms with Crippen LogP contribution in [-0.2, 0) is 16.1 Å². The molecule has 1 fully saturated rings. The van der Waals surface area contributed by atoms with Crippen LogP contribution in [0, 0.1) is 6.92 Å². The van der Waals surface area contributed by atoms with Crippen LogP contribution in [0.1, 0.15) is 17.8 Å². The Morgan fingerprint density at radius 2 is 1.93 bits per heavy atom. The summed E-state index contributed by atoms with van der Waals surface area (Å²) in [6.07, 6.45) is 0.908. The first-order chi connectivity index (χ1) is 14.1. The normalized spacial score (nSPS) is 17.5. The van der Waals surface area contributed by atoms with Crippen LogP contribution < -0.4 is 9.64 Å². The first-order valence-electron chi connectivity index (χ1n) is 10.0. The van der Waals surface area contributed by atoms with E-state index in [-0.39, 0.29) is 25.0 Å². The largest absolute Gasteiger partial charge is 0.482 e. The summed E-state index contributed by atoms with van der Waals surface area (Å²) in [5, 5.41) is 0. The third-order valence-electron chi connectivity index (χ3n) is 5.37. The van der Waals surface area contributed by atoms with E-state index in [9.17, 15) is 9.59 Å². The topological polar surface area (TPSA) is 66.0 Å². The molecule has 1 saturated heterocycles. The van der Waals surface area contributed by atoms with Crippen LogP contribution in [0.15, 0.2) is 42.5 Å². The summed E-state index contributed by atoms with van der Waals surface area (Å²) in [6, 6.07) is 13.4. The van der Waals surface area contributed by atoms with Crippen LogP contribution in [0.4, 0.5) is 5.69 Å². The number of ether oxygens (including phenoxy) is 1. The van der Waals surface area contributed by atoms with Crippen molar-refractivity contribution >= 4 is 17.5 Å². The fraction of sp³-hybridized carbons (Fsp3) is 0.409. The Morgan fingerprint density at radius 1 is 1.07 bits per heavy atom. The summed E-state index contributed by atoms with van der Waals surface area (Å²) in [5.41, 5.74) is 2.74. The monoisotopic (exact) mass is 394 g/mol. The molecule has 2 aliphatic heterocycles. The standard InChI is InChI=1S/C22H26N4O3/c1-17-6-4-7-18(23-17)14-24-10-5-11-25(13-12-24)21(27)15-26-19-8-2-3-9-20(19)29-16-22(26)28/h2-4,6-9H,5,10-16H2,1H3. The van der Waals surface area contributed by atoms with Gasteiger partial charge in [0.2, 0.25) is 5.91 Å². The summed E-state index contributed by atoms with van der Waals surface area (Å²) >= 11 is 0. The van der Waals surface area contributed by atoms with Crippen molar-refractivity contribution in [2.24, 2.45) is 0 Å². The van der Waals surface area contributed by atoms with Crippen molar-refractivity contribution < 1.29 is 14.3 Å². The van der Waals surface area contributed by atoms with Crippen molar-refractivity contribution in [3.8, 4) is 5.75 Å². The number of pyridine rings is 1. The Kier molecular flexibility index (Phi) is 5.76. The van der Waals surface area contributed by atoms with Gasteiger partial charge in [-0.1, -0.05) is 18.2 Å². The Morgan fingerprint density at radius 3 is 2.79 bits per heavy atom. The maximum Gasteiger partial charge on any atom is 0.265 e. The molecule has 29 heavy (non-hydrogen) atoms. The first kappa shape index (κ1) is 19.4. The van der Waals surface area contributed by atoms with Gasteiger partial charge < -0.3 is 9.64 Å². The van der Waals surface area contributed by atoms with Gasteiger partial charge in [0.15, 0.2) is 6.61 Å². The molecular weight excluding hydrogens is 368 g/mol. The van der Waals surface area contributed by atoms with Gasteiger partial charge >= 0.3 is 0 Å². The molecule has 0 spiro atoms. The van der Waals surface area contributed by atoms with Crippen molar-refractivity contribution in [2.75, 3.05) is 44.2 Å². The Labute approximate surface area is 170 Å². The average Bonchev–Trinajstić information content (AvgIpc) is 2.96. The fourth-order valence-electron chi connectivity index (χ4n) is 3.86. The van der Waals surface area contributed by atoms with Crippen LogP contribution in [0.2, 0.25) is 0 Å². The number of rotatable bonds is 4. The zero-order valence-electron chi connectivity index (χ0n) is 16.7. The van der Waals surface area contributed by atoms with E-state index in [0.717, 1.165) is 37.4 Å². The van der Waals surface area contributed by atoms with Gasteiger partial charge in [-0.25, -0.2) is 0 Å². The highest BCUT2D eigenvalue weighted by atomic mass is 16.5. The summed E-state index contributed by atoms with van der Waals surface area (Å²) < 4.78 is 5.46. The number of benzene rings is 1. The van der Waals surface area contributed by atoms with Gasteiger partial charge in [0.05, 0.1) is 11.4 Å². The molecule has 2 amide bonds. The van der Waals surface area contributed by atoms with E-state index in [2.05, 4.69) is 9.88 Å². The van der Waals surface area contributed by atoms with Crippen LogP contribution in [0.5, 0.6) is 5.75 Å². The Balaban J connectivity index is 1.37. The highest BCUT2D eigenvalue weighted by Crippen LogP contribution is 2.31.